The molecule has 0 radical (unpaired) electrons. The Balaban J connectivity index is 1.99. The predicted octanol–water partition coefficient (Wildman–Crippen LogP) is 5.44. The molecule has 1 amide bonds. The quantitative estimate of drug-likeness (QED) is 0.355. The fourth-order valence-corrected chi connectivity index (χ4v) is 3.39. The molecular weight excluding hydrogens is 453 g/mol. The van der Waals surface area contributed by atoms with Gasteiger partial charge in [-0.05, 0) is 51.7 Å². The number of aromatic nitrogens is 1. The summed E-state index contributed by atoms with van der Waals surface area (Å²) < 4.78 is 55.6. The van der Waals surface area contributed by atoms with E-state index in [1.165, 1.54) is 12.1 Å². The van der Waals surface area contributed by atoms with Gasteiger partial charge in [-0.15, -0.1) is 0 Å². The smallest absolute Gasteiger partial charge is 0.437 e. The summed E-state index contributed by atoms with van der Waals surface area (Å²) in [5.74, 6) is -0.562. The van der Waals surface area contributed by atoms with Crippen molar-refractivity contribution in [3.63, 3.8) is 0 Å². The molecule has 0 saturated carbocycles. The molecule has 0 fully saturated rings. The largest absolute Gasteiger partial charge is 0.493 e. The van der Waals surface area contributed by atoms with Crippen molar-refractivity contribution in [3.8, 4) is 5.75 Å². The second-order valence-electron chi connectivity index (χ2n) is 9.47. The molecule has 1 heterocycles. The molecule has 0 aliphatic heterocycles. The summed E-state index contributed by atoms with van der Waals surface area (Å²) in [6.45, 7) is 11.0. The lowest BCUT2D eigenvalue weighted by Gasteiger charge is -2.26. The van der Waals surface area contributed by atoms with E-state index in [0.717, 1.165) is 0 Å². The van der Waals surface area contributed by atoms with Gasteiger partial charge in [-0.3, -0.25) is 4.79 Å². The van der Waals surface area contributed by atoms with E-state index >= 15 is 0 Å². The number of ether oxygens (including phenoxy) is 2. The highest BCUT2D eigenvalue weighted by molar-refractivity contribution is 5.85. The molecule has 2 rings (SSSR count). The Kier molecular flexibility index (Phi) is 8.96. The Morgan fingerprint density at radius 1 is 1.18 bits per heavy atom. The first kappa shape index (κ1) is 27.5. The molecule has 1 aromatic carbocycles. The van der Waals surface area contributed by atoms with Crippen LogP contribution in [0.3, 0.4) is 0 Å². The maximum atomic E-state index is 13.1. The molecular formula is C24H33F3N2O5. The van der Waals surface area contributed by atoms with E-state index in [1.807, 2.05) is 20.8 Å². The standard InChI is InChI=1S/C24H33F3N2O5/c1-7-9-15-17(12-11-16-20(15)34-29-21(16)24(25,26)27)32-13-8-10-18(30)28-19(14(2)3)22(31)33-23(4,5)6/h11-12,14,19H,7-10,13H2,1-6H3,(H,28,30). The number of hydrogen-bond donors (Lipinski definition) is 1. The zero-order valence-electron chi connectivity index (χ0n) is 20.5. The van der Waals surface area contributed by atoms with E-state index in [1.54, 1.807) is 20.8 Å². The number of halogens is 3. The van der Waals surface area contributed by atoms with Crippen molar-refractivity contribution in [2.45, 2.75) is 85.0 Å². The van der Waals surface area contributed by atoms with Crippen molar-refractivity contribution >= 4 is 22.8 Å². The van der Waals surface area contributed by atoms with Gasteiger partial charge in [0, 0.05) is 12.0 Å². The molecule has 0 saturated heterocycles. The molecule has 34 heavy (non-hydrogen) atoms. The molecule has 0 aliphatic rings. The second-order valence-corrected chi connectivity index (χ2v) is 9.47. The third-order valence-electron chi connectivity index (χ3n) is 4.92. The van der Waals surface area contributed by atoms with Gasteiger partial charge in [0.1, 0.15) is 17.4 Å². The van der Waals surface area contributed by atoms with E-state index in [2.05, 4.69) is 10.5 Å². The van der Waals surface area contributed by atoms with Gasteiger partial charge in [0.15, 0.2) is 11.3 Å². The van der Waals surface area contributed by atoms with Gasteiger partial charge < -0.3 is 19.3 Å². The van der Waals surface area contributed by atoms with Crippen LogP contribution >= 0.6 is 0 Å². The lowest BCUT2D eigenvalue weighted by Crippen LogP contribution is -2.47. The average Bonchev–Trinajstić information content (AvgIpc) is 3.14. The molecule has 1 unspecified atom stereocenters. The van der Waals surface area contributed by atoms with Gasteiger partial charge in [-0.25, -0.2) is 4.79 Å². The number of hydrogen-bond acceptors (Lipinski definition) is 6. The molecule has 7 nitrogen and oxygen atoms in total. The summed E-state index contributed by atoms with van der Waals surface area (Å²) in [6, 6.07) is 1.99. The minimum Gasteiger partial charge on any atom is -0.493 e. The molecule has 190 valence electrons. The minimum atomic E-state index is -4.61. The zero-order valence-corrected chi connectivity index (χ0v) is 20.5. The molecule has 10 heteroatoms. The average molecular weight is 487 g/mol. The van der Waals surface area contributed by atoms with E-state index in [0.29, 0.717) is 30.6 Å². The second kappa shape index (κ2) is 11.1. The maximum absolute atomic E-state index is 13.1. The van der Waals surface area contributed by atoms with Crippen molar-refractivity contribution in [1.29, 1.82) is 0 Å². The first-order chi connectivity index (χ1) is 15.7. The first-order valence-corrected chi connectivity index (χ1v) is 11.4. The van der Waals surface area contributed by atoms with Crippen LogP contribution in [-0.4, -0.2) is 35.3 Å². The van der Waals surface area contributed by atoms with Crippen LogP contribution in [0.4, 0.5) is 13.2 Å². The van der Waals surface area contributed by atoms with Crippen LogP contribution in [0.5, 0.6) is 5.75 Å². The number of fused-ring (bicyclic) bond motifs is 1. The van der Waals surface area contributed by atoms with Gasteiger partial charge in [-0.1, -0.05) is 32.3 Å². The fraction of sp³-hybridized carbons (Fsp3) is 0.625. The number of nitrogens with one attached hydrogen (secondary N) is 1. The topological polar surface area (TPSA) is 90.7 Å². The summed E-state index contributed by atoms with van der Waals surface area (Å²) in [6.07, 6.45) is -3.04. The van der Waals surface area contributed by atoms with Crippen LogP contribution in [0.2, 0.25) is 0 Å². The summed E-state index contributed by atoms with van der Waals surface area (Å²) >= 11 is 0. The monoisotopic (exact) mass is 486 g/mol. The number of rotatable bonds is 10. The molecule has 1 N–H and O–H groups in total. The summed E-state index contributed by atoms with van der Waals surface area (Å²) in [5, 5.41) is 5.81. The minimum absolute atomic E-state index is 0.0570. The van der Waals surface area contributed by atoms with E-state index in [4.69, 9.17) is 14.0 Å². The summed E-state index contributed by atoms with van der Waals surface area (Å²) in [7, 11) is 0. The Morgan fingerprint density at radius 2 is 1.85 bits per heavy atom. The highest BCUT2D eigenvalue weighted by atomic mass is 19.4. The first-order valence-electron chi connectivity index (χ1n) is 11.4. The highest BCUT2D eigenvalue weighted by Gasteiger charge is 2.37. The predicted molar refractivity (Wildman–Crippen MR) is 120 cm³/mol. The molecule has 1 atom stereocenters. The zero-order chi connectivity index (χ0) is 25.7. The van der Waals surface area contributed by atoms with Gasteiger partial charge >= 0.3 is 12.1 Å². The summed E-state index contributed by atoms with van der Waals surface area (Å²) in [5.41, 5.74) is -1.16. The number of benzene rings is 1. The normalized spacial score (nSPS) is 13.2. The highest BCUT2D eigenvalue weighted by Crippen LogP contribution is 2.38. The number of nitrogens with zero attached hydrogens (tertiary/aromatic N) is 1. The number of alkyl halides is 3. The van der Waals surface area contributed by atoms with Crippen molar-refractivity contribution in [3.05, 3.63) is 23.4 Å². The van der Waals surface area contributed by atoms with Gasteiger partial charge in [-0.2, -0.15) is 13.2 Å². The Bertz CT molecular complexity index is 993. The summed E-state index contributed by atoms with van der Waals surface area (Å²) in [4.78, 5) is 24.8. The van der Waals surface area contributed by atoms with Crippen molar-refractivity contribution in [1.82, 2.24) is 10.5 Å². The van der Waals surface area contributed by atoms with Crippen LogP contribution in [0.15, 0.2) is 16.7 Å². The third-order valence-corrected chi connectivity index (χ3v) is 4.92. The molecule has 0 bridgehead atoms. The molecule has 1 aromatic heterocycles. The maximum Gasteiger partial charge on any atom is 0.437 e. The Hall–Kier alpha value is -2.78. The molecule has 0 aliphatic carbocycles. The van der Waals surface area contributed by atoms with Gasteiger partial charge in [0.2, 0.25) is 5.91 Å². The van der Waals surface area contributed by atoms with Crippen molar-refractivity contribution in [2.75, 3.05) is 6.61 Å². The van der Waals surface area contributed by atoms with Crippen LogP contribution in [-0.2, 0) is 26.9 Å². The van der Waals surface area contributed by atoms with Crippen molar-refractivity contribution < 1.29 is 36.8 Å². The Labute approximate surface area is 197 Å². The number of esters is 1. The number of carbonyl (C=O) groups excluding carboxylic acids is 2. The lowest BCUT2D eigenvalue weighted by atomic mass is 10.0. The van der Waals surface area contributed by atoms with Crippen LogP contribution in [0.1, 0.15) is 72.1 Å². The fourth-order valence-electron chi connectivity index (χ4n) is 3.39. The van der Waals surface area contributed by atoms with Gasteiger partial charge in [0.25, 0.3) is 0 Å². The number of carbonyl (C=O) groups is 2. The van der Waals surface area contributed by atoms with Crippen LogP contribution < -0.4 is 10.1 Å². The van der Waals surface area contributed by atoms with Gasteiger partial charge in [0.05, 0.1) is 12.0 Å². The van der Waals surface area contributed by atoms with E-state index in [9.17, 15) is 22.8 Å². The third kappa shape index (κ3) is 7.36. The SMILES string of the molecule is CCCc1c(OCCCC(=O)NC(C(=O)OC(C)(C)C)C(C)C)ccc2c(C(F)(F)F)noc12. The van der Waals surface area contributed by atoms with E-state index < -0.39 is 29.5 Å². The van der Waals surface area contributed by atoms with Crippen molar-refractivity contribution in [2.24, 2.45) is 5.92 Å². The van der Waals surface area contributed by atoms with E-state index in [-0.39, 0.29) is 35.8 Å². The van der Waals surface area contributed by atoms with Crippen LogP contribution in [0.25, 0.3) is 11.0 Å². The molecule has 0 spiro atoms. The number of aryl methyl sites for hydroxylation is 1. The van der Waals surface area contributed by atoms with Crippen LogP contribution in [0, 0.1) is 5.92 Å². The molecule has 2 aromatic rings. The lowest BCUT2D eigenvalue weighted by molar-refractivity contribution is -0.160. The number of amides is 1. The Morgan fingerprint density at radius 3 is 2.41 bits per heavy atom.